The smallest absolute Gasteiger partial charge is 0.398 e. The van der Waals surface area contributed by atoms with E-state index in [2.05, 4.69) is 5.16 Å². The van der Waals surface area contributed by atoms with E-state index >= 15 is 0 Å². The van der Waals surface area contributed by atoms with E-state index < -0.39 is 23.2 Å². The molecular formula is C13H15BN2O5. The molecule has 0 bridgehead atoms. The van der Waals surface area contributed by atoms with Gasteiger partial charge in [-0.05, 0) is 33.8 Å². The van der Waals surface area contributed by atoms with Crippen LogP contribution in [0.3, 0.4) is 0 Å². The number of hydrogen-bond donors (Lipinski definition) is 0. The van der Waals surface area contributed by atoms with Gasteiger partial charge in [-0.2, -0.15) is 0 Å². The van der Waals surface area contributed by atoms with E-state index in [-0.39, 0.29) is 5.69 Å². The van der Waals surface area contributed by atoms with Crippen LogP contribution in [0.5, 0.6) is 0 Å². The van der Waals surface area contributed by atoms with Gasteiger partial charge in [-0.25, -0.2) is 0 Å². The lowest BCUT2D eigenvalue weighted by atomic mass is 9.82. The molecule has 1 saturated heterocycles. The predicted octanol–water partition coefficient (Wildman–Crippen LogP) is 2.04. The normalized spacial score (nSPS) is 20.1. The molecule has 2 aromatic rings. The van der Waals surface area contributed by atoms with E-state index in [0.29, 0.717) is 16.6 Å². The first-order valence-electron chi connectivity index (χ1n) is 6.61. The summed E-state index contributed by atoms with van der Waals surface area (Å²) in [6, 6.07) is 4.32. The fraction of sp³-hybridized carbons (Fsp3) is 0.462. The van der Waals surface area contributed by atoms with Gasteiger partial charge < -0.3 is 13.8 Å². The second-order valence-electron chi connectivity index (χ2n) is 6.09. The SMILES string of the molecule is CC1(C)OB(c2noc3ccc([N+](=O)[O-])cc23)OC1(C)C. The Morgan fingerprint density at radius 3 is 2.38 bits per heavy atom. The highest BCUT2D eigenvalue weighted by molar-refractivity contribution is 6.64. The Morgan fingerprint density at radius 1 is 1.19 bits per heavy atom. The number of aromatic nitrogens is 1. The Labute approximate surface area is 121 Å². The zero-order chi connectivity index (χ0) is 15.4. The van der Waals surface area contributed by atoms with Crippen LogP contribution in [0, 0.1) is 10.1 Å². The molecule has 3 rings (SSSR count). The van der Waals surface area contributed by atoms with Gasteiger partial charge in [-0.15, -0.1) is 0 Å². The van der Waals surface area contributed by atoms with Gasteiger partial charge >= 0.3 is 7.12 Å². The highest BCUT2D eigenvalue weighted by atomic mass is 16.7. The van der Waals surface area contributed by atoms with E-state index in [1.165, 1.54) is 18.2 Å². The number of non-ortho nitro benzene ring substituents is 1. The molecule has 8 heteroatoms. The lowest BCUT2D eigenvalue weighted by molar-refractivity contribution is -0.384. The van der Waals surface area contributed by atoms with Crippen molar-refractivity contribution in [3.8, 4) is 0 Å². The third-order valence-electron chi connectivity index (χ3n) is 4.17. The molecule has 1 aromatic heterocycles. The summed E-state index contributed by atoms with van der Waals surface area (Å²) in [5, 5.41) is 15.4. The summed E-state index contributed by atoms with van der Waals surface area (Å²) in [4.78, 5) is 10.4. The number of nitro groups is 1. The lowest BCUT2D eigenvalue weighted by Crippen LogP contribution is -2.41. The summed E-state index contributed by atoms with van der Waals surface area (Å²) < 4.78 is 17.0. The number of nitro benzene ring substituents is 1. The lowest BCUT2D eigenvalue weighted by Gasteiger charge is -2.32. The van der Waals surface area contributed by atoms with Crippen LogP contribution in [0.15, 0.2) is 22.7 Å². The van der Waals surface area contributed by atoms with Gasteiger partial charge in [-0.3, -0.25) is 10.1 Å². The standard InChI is InChI=1S/C13H15BN2O5/c1-12(2)13(3,4)21-14(20-12)11-9-7-8(16(17)18)5-6-10(9)19-15-11/h5-7H,1-4H3. The monoisotopic (exact) mass is 290 g/mol. The minimum Gasteiger partial charge on any atom is -0.398 e. The average molecular weight is 290 g/mol. The third kappa shape index (κ3) is 2.11. The van der Waals surface area contributed by atoms with Gasteiger partial charge in [0.25, 0.3) is 5.69 Å². The van der Waals surface area contributed by atoms with Gasteiger partial charge in [0.05, 0.1) is 16.1 Å². The number of nitrogens with zero attached hydrogens (tertiary/aromatic N) is 2. The molecule has 0 amide bonds. The summed E-state index contributed by atoms with van der Waals surface area (Å²) in [6.45, 7) is 7.71. The molecule has 7 nitrogen and oxygen atoms in total. The zero-order valence-electron chi connectivity index (χ0n) is 12.2. The molecule has 1 fully saturated rings. The maximum Gasteiger partial charge on any atom is 0.518 e. The predicted molar refractivity (Wildman–Crippen MR) is 76.4 cm³/mol. The van der Waals surface area contributed by atoms with Crippen molar-refractivity contribution >= 4 is 29.4 Å². The van der Waals surface area contributed by atoms with Crippen molar-refractivity contribution in [2.45, 2.75) is 38.9 Å². The molecule has 0 spiro atoms. The quantitative estimate of drug-likeness (QED) is 0.477. The van der Waals surface area contributed by atoms with Crippen LogP contribution in [0.1, 0.15) is 27.7 Å². The molecule has 1 aromatic carbocycles. The fourth-order valence-electron chi connectivity index (χ4n) is 2.18. The molecular weight excluding hydrogens is 275 g/mol. The summed E-state index contributed by atoms with van der Waals surface area (Å²) in [6.07, 6.45) is 0. The molecule has 1 aliphatic heterocycles. The summed E-state index contributed by atoms with van der Waals surface area (Å²) in [5.41, 5.74) is -0.158. The summed E-state index contributed by atoms with van der Waals surface area (Å²) in [5.74, 6) is 0. The Morgan fingerprint density at radius 2 is 1.81 bits per heavy atom. The first-order valence-corrected chi connectivity index (χ1v) is 6.61. The largest absolute Gasteiger partial charge is 0.518 e. The van der Waals surface area contributed by atoms with Crippen LogP contribution in [-0.4, -0.2) is 28.4 Å². The molecule has 0 aliphatic carbocycles. The van der Waals surface area contributed by atoms with Gasteiger partial charge in [0.1, 0.15) is 5.59 Å². The van der Waals surface area contributed by atoms with Crippen molar-refractivity contribution in [1.29, 1.82) is 0 Å². The van der Waals surface area contributed by atoms with Crippen molar-refractivity contribution in [2.75, 3.05) is 0 Å². The molecule has 0 radical (unpaired) electrons. The minimum absolute atomic E-state index is 0.0246. The van der Waals surface area contributed by atoms with Crippen LogP contribution in [0.2, 0.25) is 0 Å². The highest BCUT2D eigenvalue weighted by Gasteiger charge is 2.53. The van der Waals surface area contributed by atoms with Crippen LogP contribution >= 0.6 is 0 Å². The number of hydrogen-bond acceptors (Lipinski definition) is 6. The van der Waals surface area contributed by atoms with E-state index in [1.54, 1.807) is 0 Å². The second-order valence-corrected chi connectivity index (χ2v) is 6.09. The molecule has 0 unspecified atom stereocenters. The van der Waals surface area contributed by atoms with Crippen LogP contribution < -0.4 is 5.59 Å². The van der Waals surface area contributed by atoms with Crippen molar-refractivity contribution in [3.05, 3.63) is 28.3 Å². The Bertz CT molecular complexity index is 708. The summed E-state index contributed by atoms with van der Waals surface area (Å²) >= 11 is 0. The Hall–Kier alpha value is -1.93. The van der Waals surface area contributed by atoms with Crippen molar-refractivity contribution in [2.24, 2.45) is 0 Å². The zero-order valence-corrected chi connectivity index (χ0v) is 12.2. The maximum absolute atomic E-state index is 10.9. The van der Waals surface area contributed by atoms with E-state index in [9.17, 15) is 10.1 Å². The Balaban J connectivity index is 2.06. The van der Waals surface area contributed by atoms with Gasteiger partial charge in [-0.1, -0.05) is 5.16 Å². The average Bonchev–Trinajstić information content (AvgIpc) is 2.87. The fourth-order valence-corrected chi connectivity index (χ4v) is 2.18. The second kappa shape index (κ2) is 4.28. The third-order valence-corrected chi connectivity index (χ3v) is 4.17. The van der Waals surface area contributed by atoms with Gasteiger partial charge in [0.2, 0.25) is 0 Å². The van der Waals surface area contributed by atoms with Crippen molar-refractivity contribution in [1.82, 2.24) is 5.16 Å². The summed E-state index contributed by atoms with van der Waals surface area (Å²) in [7, 11) is -0.710. The maximum atomic E-state index is 10.9. The molecule has 0 N–H and O–H groups in total. The highest BCUT2D eigenvalue weighted by Crippen LogP contribution is 2.37. The number of fused-ring (bicyclic) bond motifs is 1. The molecule has 110 valence electrons. The van der Waals surface area contributed by atoms with Crippen molar-refractivity contribution in [3.63, 3.8) is 0 Å². The molecule has 21 heavy (non-hydrogen) atoms. The van der Waals surface area contributed by atoms with Crippen molar-refractivity contribution < 1.29 is 18.8 Å². The van der Waals surface area contributed by atoms with Crippen LogP contribution in [0.25, 0.3) is 11.0 Å². The van der Waals surface area contributed by atoms with Gasteiger partial charge in [0, 0.05) is 17.5 Å². The van der Waals surface area contributed by atoms with E-state index in [0.717, 1.165) is 0 Å². The van der Waals surface area contributed by atoms with Crippen LogP contribution in [0.4, 0.5) is 5.69 Å². The molecule has 2 heterocycles. The topological polar surface area (TPSA) is 87.6 Å². The van der Waals surface area contributed by atoms with Crippen LogP contribution in [-0.2, 0) is 9.31 Å². The molecule has 0 atom stereocenters. The van der Waals surface area contributed by atoms with E-state index in [1.807, 2.05) is 27.7 Å². The van der Waals surface area contributed by atoms with Gasteiger partial charge in [0.15, 0.2) is 5.58 Å². The first-order chi connectivity index (χ1) is 9.71. The molecule has 1 aliphatic rings. The number of benzene rings is 1. The first kappa shape index (κ1) is 14.0. The minimum atomic E-state index is -0.710. The number of rotatable bonds is 2. The molecule has 0 saturated carbocycles. The Kier molecular flexibility index (Phi) is 2.86. The van der Waals surface area contributed by atoms with E-state index in [4.69, 9.17) is 13.8 Å².